The SMILES string of the molecule is CC(C(=O)Nc1nc(-c2ccc(F)cc2)cs1)n1cccn1. The molecule has 1 amide bonds. The molecule has 1 aromatic carbocycles. The first kappa shape index (κ1) is 14.4. The smallest absolute Gasteiger partial charge is 0.250 e. The number of halogens is 1. The fourth-order valence-corrected chi connectivity index (χ4v) is 2.65. The lowest BCUT2D eigenvalue weighted by atomic mass is 10.2. The van der Waals surface area contributed by atoms with Crippen LogP contribution >= 0.6 is 11.3 Å². The van der Waals surface area contributed by atoms with Crippen LogP contribution < -0.4 is 5.32 Å². The molecular weight excluding hydrogens is 303 g/mol. The number of amides is 1. The van der Waals surface area contributed by atoms with E-state index in [1.54, 1.807) is 42.2 Å². The van der Waals surface area contributed by atoms with Crippen molar-refractivity contribution < 1.29 is 9.18 Å². The summed E-state index contributed by atoms with van der Waals surface area (Å²) in [6.45, 7) is 1.76. The van der Waals surface area contributed by atoms with Gasteiger partial charge in [-0.3, -0.25) is 9.48 Å². The molecule has 22 heavy (non-hydrogen) atoms. The van der Waals surface area contributed by atoms with Crippen LogP contribution in [-0.2, 0) is 4.79 Å². The molecule has 0 fully saturated rings. The van der Waals surface area contributed by atoms with Gasteiger partial charge in [-0.15, -0.1) is 11.3 Å². The van der Waals surface area contributed by atoms with Gasteiger partial charge >= 0.3 is 0 Å². The second-order valence-electron chi connectivity index (χ2n) is 4.70. The minimum atomic E-state index is -0.423. The number of nitrogens with zero attached hydrogens (tertiary/aromatic N) is 3. The van der Waals surface area contributed by atoms with Crippen molar-refractivity contribution in [2.24, 2.45) is 0 Å². The Labute approximate surface area is 130 Å². The molecule has 0 aliphatic rings. The van der Waals surface area contributed by atoms with Crippen LogP contribution in [0.5, 0.6) is 0 Å². The van der Waals surface area contributed by atoms with Crippen LogP contribution in [0.3, 0.4) is 0 Å². The first-order chi connectivity index (χ1) is 10.6. The molecule has 1 atom stereocenters. The zero-order valence-electron chi connectivity index (χ0n) is 11.7. The maximum absolute atomic E-state index is 12.9. The van der Waals surface area contributed by atoms with Gasteiger partial charge in [0.1, 0.15) is 11.9 Å². The van der Waals surface area contributed by atoms with Crippen molar-refractivity contribution in [2.45, 2.75) is 13.0 Å². The maximum Gasteiger partial charge on any atom is 0.250 e. The summed E-state index contributed by atoms with van der Waals surface area (Å²) in [4.78, 5) is 16.5. The van der Waals surface area contributed by atoms with Gasteiger partial charge in [0.15, 0.2) is 5.13 Å². The third-order valence-corrected chi connectivity index (χ3v) is 3.93. The largest absolute Gasteiger partial charge is 0.300 e. The van der Waals surface area contributed by atoms with Gasteiger partial charge in [-0.05, 0) is 37.3 Å². The van der Waals surface area contributed by atoms with Crippen LogP contribution in [0.4, 0.5) is 9.52 Å². The predicted molar refractivity (Wildman–Crippen MR) is 83.1 cm³/mol. The van der Waals surface area contributed by atoms with E-state index in [4.69, 9.17) is 0 Å². The highest BCUT2D eigenvalue weighted by Crippen LogP contribution is 2.25. The van der Waals surface area contributed by atoms with Gasteiger partial charge in [-0.25, -0.2) is 9.37 Å². The number of rotatable bonds is 4. The van der Waals surface area contributed by atoms with E-state index in [9.17, 15) is 9.18 Å². The van der Waals surface area contributed by atoms with Crippen LogP contribution in [-0.4, -0.2) is 20.7 Å². The number of carbonyl (C=O) groups is 1. The number of thiazole rings is 1. The summed E-state index contributed by atoms with van der Waals surface area (Å²) in [7, 11) is 0. The van der Waals surface area contributed by atoms with E-state index >= 15 is 0 Å². The predicted octanol–water partition coefficient (Wildman–Crippen LogP) is 3.35. The average molecular weight is 316 g/mol. The summed E-state index contributed by atoms with van der Waals surface area (Å²) in [5.41, 5.74) is 1.50. The Balaban J connectivity index is 1.71. The zero-order chi connectivity index (χ0) is 15.5. The lowest BCUT2D eigenvalue weighted by molar-refractivity contribution is -0.119. The quantitative estimate of drug-likeness (QED) is 0.803. The van der Waals surface area contributed by atoms with Crippen molar-refractivity contribution in [1.82, 2.24) is 14.8 Å². The maximum atomic E-state index is 12.9. The van der Waals surface area contributed by atoms with E-state index in [1.807, 2.05) is 5.38 Å². The van der Waals surface area contributed by atoms with Crippen molar-refractivity contribution >= 4 is 22.4 Å². The Hall–Kier alpha value is -2.54. The van der Waals surface area contributed by atoms with Gasteiger partial charge < -0.3 is 5.32 Å². The molecule has 112 valence electrons. The number of aromatic nitrogens is 3. The Kier molecular flexibility index (Phi) is 3.97. The van der Waals surface area contributed by atoms with Crippen molar-refractivity contribution in [3.63, 3.8) is 0 Å². The molecule has 0 radical (unpaired) electrons. The van der Waals surface area contributed by atoms with E-state index in [2.05, 4.69) is 15.4 Å². The van der Waals surface area contributed by atoms with Gasteiger partial charge in [0.05, 0.1) is 5.69 Å². The second kappa shape index (κ2) is 6.07. The molecule has 2 aromatic heterocycles. The Morgan fingerprint density at radius 1 is 1.36 bits per heavy atom. The van der Waals surface area contributed by atoms with Crippen molar-refractivity contribution in [1.29, 1.82) is 0 Å². The standard InChI is InChI=1S/C15H13FN4OS/c1-10(20-8-2-7-17-20)14(21)19-15-18-13(9-22-15)11-3-5-12(16)6-4-11/h2-10H,1H3,(H,18,19,21). The first-order valence-corrected chi connectivity index (χ1v) is 7.53. The van der Waals surface area contributed by atoms with Crippen LogP contribution in [0, 0.1) is 5.82 Å². The molecule has 7 heteroatoms. The van der Waals surface area contributed by atoms with E-state index in [0.29, 0.717) is 10.8 Å². The number of hydrogen-bond donors (Lipinski definition) is 1. The Bertz CT molecular complexity index is 767. The Morgan fingerprint density at radius 2 is 2.14 bits per heavy atom. The van der Waals surface area contributed by atoms with Gasteiger partial charge in [0, 0.05) is 23.3 Å². The number of carbonyl (C=O) groups excluding carboxylic acids is 1. The summed E-state index contributed by atoms with van der Waals surface area (Å²) in [5, 5.41) is 9.13. The molecule has 2 heterocycles. The summed E-state index contributed by atoms with van der Waals surface area (Å²) in [6.07, 6.45) is 3.36. The van der Waals surface area contributed by atoms with Gasteiger partial charge in [0.25, 0.3) is 5.91 Å². The van der Waals surface area contributed by atoms with Gasteiger partial charge in [-0.2, -0.15) is 5.10 Å². The van der Waals surface area contributed by atoms with Crippen molar-refractivity contribution in [3.05, 3.63) is 53.9 Å². The molecule has 0 saturated heterocycles. The lowest BCUT2D eigenvalue weighted by Gasteiger charge is -2.10. The fraction of sp³-hybridized carbons (Fsp3) is 0.133. The third-order valence-electron chi connectivity index (χ3n) is 3.18. The van der Waals surface area contributed by atoms with Gasteiger partial charge in [-0.1, -0.05) is 0 Å². The molecule has 0 spiro atoms. The molecule has 0 bridgehead atoms. The first-order valence-electron chi connectivity index (χ1n) is 6.65. The Morgan fingerprint density at radius 3 is 2.82 bits per heavy atom. The van der Waals surface area contributed by atoms with Gasteiger partial charge in [0.2, 0.25) is 0 Å². The van der Waals surface area contributed by atoms with E-state index in [1.165, 1.54) is 23.5 Å². The number of benzene rings is 1. The normalized spacial score (nSPS) is 12.1. The minimum absolute atomic E-state index is 0.191. The van der Waals surface area contributed by atoms with E-state index in [0.717, 1.165) is 5.56 Å². The van der Waals surface area contributed by atoms with E-state index < -0.39 is 6.04 Å². The number of hydrogen-bond acceptors (Lipinski definition) is 4. The summed E-state index contributed by atoms with van der Waals surface area (Å²) >= 11 is 1.33. The highest BCUT2D eigenvalue weighted by Gasteiger charge is 2.16. The molecule has 5 nitrogen and oxygen atoms in total. The molecule has 3 rings (SSSR count). The lowest BCUT2D eigenvalue weighted by Crippen LogP contribution is -2.23. The monoisotopic (exact) mass is 316 g/mol. The molecular formula is C15H13FN4OS. The molecule has 0 aliphatic heterocycles. The zero-order valence-corrected chi connectivity index (χ0v) is 12.5. The summed E-state index contributed by atoms with van der Waals surface area (Å²) in [6, 6.07) is 7.41. The summed E-state index contributed by atoms with van der Waals surface area (Å²) in [5.74, 6) is -0.482. The second-order valence-corrected chi connectivity index (χ2v) is 5.55. The highest BCUT2D eigenvalue weighted by atomic mass is 32.1. The van der Waals surface area contributed by atoms with Crippen LogP contribution in [0.15, 0.2) is 48.1 Å². The molecule has 1 unspecified atom stereocenters. The van der Waals surface area contributed by atoms with Crippen molar-refractivity contribution in [3.8, 4) is 11.3 Å². The number of anilines is 1. The molecule has 0 saturated carbocycles. The molecule has 3 aromatic rings. The summed E-state index contributed by atoms with van der Waals surface area (Å²) < 4.78 is 14.5. The van der Waals surface area contributed by atoms with Crippen LogP contribution in [0.25, 0.3) is 11.3 Å². The fourth-order valence-electron chi connectivity index (χ4n) is 1.92. The molecule has 0 aliphatic carbocycles. The highest BCUT2D eigenvalue weighted by molar-refractivity contribution is 7.14. The number of nitrogens with one attached hydrogen (secondary N) is 1. The molecule has 1 N–H and O–H groups in total. The topological polar surface area (TPSA) is 59.8 Å². The van der Waals surface area contributed by atoms with Crippen LogP contribution in [0.1, 0.15) is 13.0 Å². The average Bonchev–Trinajstić information content (AvgIpc) is 3.18. The minimum Gasteiger partial charge on any atom is -0.300 e. The van der Waals surface area contributed by atoms with Crippen LogP contribution in [0.2, 0.25) is 0 Å². The van der Waals surface area contributed by atoms with Crippen molar-refractivity contribution in [2.75, 3.05) is 5.32 Å². The third kappa shape index (κ3) is 3.04. The van der Waals surface area contributed by atoms with E-state index in [-0.39, 0.29) is 11.7 Å².